The molecule has 3 rings (SSSR count). The molecule has 5 nitrogen and oxygen atoms in total. The van der Waals surface area contributed by atoms with Crippen molar-refractivity contribution in [2.75, 3.05) is 13.1 Å². The van der Waals surface area contributed by atoms with E-state index in [0.717, 1.165) is 50.2 Å². The predicted octanol–water partition coefficient (Wildman–Crippen LogP) is 2.29. The molecule has 1 N–H and O–H groups in total. The number of aryl methyl sites for hydroxylation is 3. The molecule has 1 aromatic heterocycles. The van der Waals surface area contributed by atoms with Gasteiger partial charge in [-0.1, -0.05) is 13.3 Å². The number of nitrogens with zero attached hydrogens (tertiary/aromatic N) is 3. The van der Waals surface area contributed by atoms with Crippen molar-refractivity contribution >= 4 is 5.91 Å². The maximum atomic E-state index is 12.6. The van der Waals surface area contributed by atoms with Gasteiger partial charge in [-0.3, -0.25) is 9.48 Å². The number of aliphatic hydroxyl groups is 1. The molecule has 1 amide bonds. The van der Waals surface area contributed by atoms with Gasteiger partial charge in [-0.15, -0.1) is 0 Å². The third kappa shape index (κ3) is 3.16. The van der Waals surface area contributed by atoms with Gasteiger partial charge in [0.2, 0.25) is 5.91 Å². The molecule has 0 bridgehead atoms. The average Bonchev–Trinajstić information content (AvgIpc) is 3.09. The average molecular weight is 319 g/mol. The van der Waals surface area contributed by atoms with Crippen molar-refractivity contribution in [1.82, 2.24) is 14.7 Å². The minimum absolute atomic E-state index is 0.199. The number of fused-ring (bicyclic) bond motifs is 1. The summed E-state index contributed by atoms with van der Waals surface area (Å²) in [7, 11) is 0. The van der Waals surface area contributed by atoms with Crippen molar-refractivity contribution in [1.29, 1.82) is 0 Å². The molecule has 1 saturated heterocycles. The summed E-state index contributed by atoms with van der Waals surface area (Å²) >= 11 is 0. The number of amides is 1. The van der Waals surface area contributed by atoms with Gasteiger partial charge in [0, 0.05) is 37.7 Å². The van der Waals surface area contributed by atoms with Gasteiger partial charge in [-0.25, -0.2) is 0 Å². The number of hydrogen-bond acceptors (Lipinski definition) is 3. The highest BCUT2D eigenvalue weighted by Gasteiger charge is 2.48. The molecule has 5 heteroatoms. The summed E-state index contributed by atoms with van der Waals surface area (Å²) in [5, 5.41) is 15.3. The van der Waals surface area contributed by atoms with Crippen LogP contribution in [-0.4, -0.2) is 44.4 Å². The van der Waals surface area contributed by atoms with Gasteiger partial charge in [0.15, 0.2) is 0 Å². The van der Waals surface area contributed by atoms with Gasteiger partial charge in [-0.05, 0) is 45.1 Å². The largest absolute Gasteiger partial charge is 0.390 e. The second kappa shape index (κ2) is 6.27. The van der Waals surface area contributed by atoms with Crippen LogP contribution in [0.1, 0.15) is 50.4 Å². The zero-order valence-electron chi connectivity index (χ0n) is 14.6. The van der Waals surface area contributed by atoms with E-state index in [9.17, 15) is 9.90 Å². The summed E-state index contributed by atoms with van der Waals surface area (Å²) < 4.78 is 1.92. The molecule has 2 aliphatic rings. The van der Waals surface area contributed by atoms with Crippen molar-refractivity contribution in [3.8, 4) is 0 Å². The van der Waals surface area contributed by atoms with Gasteiger partial charge in [-0.2, -0.15) is 5.10 Å². The second-order valence-corrected chi connectivity index (χ2v) is 7.41. The molecular weight excluding hydrogens is 290 g/mol. The molecule has 1 aliphatic carbocycles. The van der Waals surface area contributed by atoms with Crippen LogP contribution in [0.2, 0.25) is 0 Å². The van der Waals surface area contributed by atoms with Crippen molar-refractivity contribution in [2.24, 2.45) is 11.8 Å². The number of carbonyl (C=O) groups is 1. The summed E-state index contributed by atoms with van der Waals surface area (Å²) in [5.41, 5.74) is 1.54. The number of rotatable bonds is 4. The molecule has 0 radical (unpaired) electrons. The van der Waals surface area contributed by atoms with Crippen LogP contribution in [0, 0.1) is 25.7 Å². The van der Waals surface area contributed by atoms with Crippen LogP contribution in [-0.2, 0) is 11.3 Å². The molecule has 2 fully saturated rings. The third-order valence-corrected chi connectivity index (χ3v) is 5.92. The molecule has 1 aromatic rings. The topological polar surface area (TPSA) is 58.4 Å². The Balaban J connectivity index is 1.60. The highest BCUT2D eigenvalue weighted by molar-refractivity contribution is 5.76. The fraction of sp³-hybridized carbons (Fsp3) is 0.778. The summed E-state index contributed by atoms with van der Waals surface area (Å²) in [5.74, 6) is 0.940. The zero-order chi connectivity index (χ0) is 16.6. The van der Waals surface area contributed by atoms with Crippen LogP contribution in [0.5, 0.6) is 0 Å². The lowest BCUT2D eigenvalue weighted by Gasteiger charge is -2.40. The monoisotopic (exact) mass is 319 g/mol. The molecule has 3 atom stereocenters. The van der Waals surface area contributed by atoms with Gasteiger partial charge in [0.1, 0.15) is 0 Å². The fourth-order valence-corrected chi connectivity index (χ4v) is 4.53. The highest BCUT2D eigenvalue weighted by atomic mass is 16.3. The Morgan fingerprint density at radius 2 is 2.22 bits per heavy atom. The number of likely N-dealkylation sites (tertiary alicyclic amines) is 1. The molecule has 2 unspecified atom stereocenters. The molecule has 1 saturated carbocycles. The van der Waals surface area contributed by atoms with Gasteiger partial charge in [0.25, 0.3) is 0 Å². The van der Waals surface area contributed by atoms with Crippen LogP contribution in [0.15, 0.2) is 6.07 Å². The van der Waals surface area contributed by atoms with Crippen molar-refractivity contribution < 1.29 is 9.90 Å². The van der Waals surface area contributed by atoms with E-state index in [-0.39, 0.29) is 11.8 Å². The maximum absolute atomic E-state index is 12.6. The van der Waals surface area contributed by atoms with E-state index in [0.29, 0.717) is 18.9 Å². The van der Waals surface area contributed by atoms with Crippen LogP contribution < -0.4 is 0 Å². The van der Waals surface area contributed by atoms with E-state index < -0.39 is 5.60 Å². The lowest BCUT2D eigenvalue weighted by Crippen LogP contribution is -2.44. The Hall–Kier alpha value is -1.36. The van der Waals surface area contributed by atoms with Crippen molar-refractivity contribution in [3.05, 3.63) is 17.5 Å². The molecule has 1 aliphatic heterocycles. The molecule has 2 heterocycles. The van der Waals surface area contributed by atoms with E-state index in [1.54, 1.807) is 0 Å². The summed E-state index contributed by atoms with van der Waals surface area (Å²) in [6.07, 6.45) is 4.40. The highest BCUT2D eigenvalue weighted by Crippen LogP contribution is 2.44. The Bertz CT molecular complexity index is 583. The summed E-state index contributed by atoms with van der Waals surface area (Å²) in [4.78, 5) is 14.6. The first-order valence-corrected chi connectivity index (χ1v) is 8.94. The Kier molecular flexibility index (Phi) is 4.50. The van der Waals surface area contributed by atoms with Gasteiger partial charge < -0.3 is 10.0 Å². The molecule has 23 heavy (non-hydrogen) atoms. The Labute approximate surface area is 138 Å². The van der Waals surface area contributed by atoms with Crippen molar-refractivity contribution in [3.63, 3.8) is 0 Å². The third-order valence-electron chi connectivity index (χ3n) is 5.92. The molecule has 0 aromatic carbocycles. The molecule has 128 valence electrons. The Morgan fingerprint density at radius 1 is 1.43 bits per heavy atom. The Morgan fingerprint density at radius 3 is 2.87 bits per heavy atom. The molecule has 0 spiro atoms. The van der Waals surface area contributed by atoms with Crippen LogP contribution in [0.25, 0.3) is 0 Å². The van der Waals surface area contributed by atoms with E-state index in [1.807, 2.05) is 29.5 Å². The normalized spacial score (nSPS) is 30.5. The second-order valence-electron chi connectivity index (χ2n) is 7.41. The zero-order valence-corrected chi connectivity index (χ0v) is 14.6. The van der Waals surface area contributed by atoms with Crippen LogP contribution in [0.4, 0.5) is 0 Å². The van der Waals surface area contributed by atoms with Gasteiger partial charge >= 0.3 is 0 Å². The first-order valence-electron chi connectivity index (χ1n) is 8.94. The van der Waals surface area contributed by atoms with E-state index >= 15 is 0 Å². The van der Waals surface area contributed by atoms with Crippen LogP contribution in [0.3, 0.4) is 0 Å². The maximum Gasteiger partial charge on any atom is 0.224 e. The lowest BCUT2D eigenvalue weighted by molar-refractivity contribution is -0.131. The smallest absolute Gasteiger partial charge is 0.224 e. The number of aromatic nitrogens is 2. The van der Waals surface area contributed by atoms with E-state index in [1.165, 1.54) is 0 Å². The van der Waals surface area contributed by atoms with E-state index in [4.69, 9.17) is 0 Å². The van der Waals surface area contributed by atoms with Crippen molar-refractivity contribution in [2.45, 2.75) is 65.0 Å². The van der Waals surface area contributed by atoms with Gasteiger partial charge in [0.05, 0.1) is 11.3 Å². The fourth-order valence-electron chi connectivity index (χ4n) is 4.53. The lowest BCUT2D eigenvalue weighted by atomic mass is 9.69. The summed E-state index contributed by atoms with van der Waals surface area (Å²) in [6, 6.07) is 2.04. The minimum Gasteiger partial charge on any atom is -0.390 e. The van der Waals surface area contributed by atoms with Crippen LogP contribution >= 0.6 is 0 Å². The SMILES string of the molecule is CC[C@@]1(O)CCCC2CN(C(=O)CCn3nc(C)cc3C)CC21. The quantitative estimate of drug-likeness (QED) is 0.926. The molecular formula is C18H29N3O2. The standard InChI is InChI=1S/C18H29N3O2/c1-4-18(23)8-5-6-15-11-20(12-16(15)18)17(22)7-9-21-14(3)10-13(2)19-21/h10,15-16,23H,4-9,11-12H2,1-3H3/t15?,16?,18-/m1/s1. The summed E-state index contributed by atoms with van der Waals surface area (Å²) in [6.45, 7) is 8.25. The first kappa shape index (κ1) is 16.5. The minimum atomic E-state index is -0.562. The number of carbonyl (C=O) groups excluding carboxylic acids is 1. The van der Waals surface area contributed by atoms with E-state index in [2.05, 4.69) is 12.0 Å². The first-order chi connectivity index (χ1) is 10.9. The number of hydrogen-bond donors (Lipinski definition) is 1. The predicted molar refractivity (Wildman–Crippen MR) is 89.0 cm³/mol.